The standard InChI is InChI=1S/C15H12F2IN5O3S/c1-6-4-7(18)2-3-9(6)21-13-8(14-22-23-15(19)26-14)5-10(27(20,24)25)11(16)12(13)17/h2-5,21H,1H3,(H2,19,23)(H2,20,24,25). The first kappa shape index (κ1) is 19.4. The van der Waals surface area contributed by atoms with Crippen molar-refractivity contribution < 1.29 is 21.6 Å². The number of halogens is 3. The predicted molar refractivity (Wildman–Crippen MR) is 103 cm³/mol. The number of primary sulfonamides is 1. The molecule has 0 aliphatic heterocycles. The van der Waals surface area contributed by atoms with Gasteiger partial charge in [-0.2, -0.15) is 0 Å². The van der Waals surface area contributed by atoms with Crippen LogP contribution in [0, 0.1) is 22.1 Å². The largest absolute Gasteiger partial charge is 0.403 e. The third-order valence-electron chi connectivity index (χ3n) is 3.60. The van der Waals surface area contributed by atoms with E-state index in [4.69, 9.17) is 15.3 Å². The van der Waals surface area contributed by atoms with Crippen molar-refractivity contribution in [1.82, 2.24) is 10.2 Å². The van der Waals surface area contributed by atoms with Crippen molar-refractivity contribution in [2.45, 2.75) is 11.8 Å². The molecular weight excluding hydrogens is 495 g/mol. The normalized spacial score (nSPS) is 11.6. The van der Waals surface area contributed by atoms with E-state index in [0.29, 0.717) is 5.69 Å². The Balaban J connectivity index is 2.27. The van der Waals surface area contributed by atoms with Crippen LogP contribution in [0.3, 0.4) is 0 Å². The molecule has 142 valence electrons. The number of benzene rings is 2. The van der Waals surface area contributed by atoms with Gasteiger partial charge in [0.2, 0.25) is 10.0 Å². The molecule has 0 bridgehead atoms. The average Bonchev–Trinajstić information content (AvgIpc) is 2.99. The van der Waals surface area contributed by atoms with Crippen LogP contribution in [-0.4, -0.2) is 18.6 Å². The van der Waals surface area contributed by atoms with Crippen LogP contribution in [0.4, 0.5) is 26.2 Å². The summed E-state index contributed by atoms with van der Waals surface area (Å²) in [5.41, 5.74) is 5.98. The summed E-state index contributed by atoms with van der Waals surface area (Å²) < 4.78 is 58.3. The quantitative estimate of drug-likeness (QED) is 0.462. The van der Waals surface area contributed by atoms with Crippen LogP contribution in [0.15, 0.2) is 33.6 Å². The van der Waals surface area contributed by atoms with Crippen LogP contribution in [-0.2, 0) is 10.0 Å². The maximum absolute atomic E-state index is 14.8. The first-order valence-electron chi connectivity index (χ1n) is 7.25. The van der Waals surface area contributed by atoms with Crippen molar-refractivity contribution in [2.24, 2.45) is 5.14 Å². The van der Waals surface area contributed by atoms with Gasteiger partial charge in [-0.1, -0.05) is 5.10 Å². The van der Waals surface area contributed by atoms with Crippen molar-refractivity contribution in [3.05, 3.63) is 45.0 Å². The minimum atomic E-state index is -4.55. The van der Waals surface area contributed by atoms with Gasteiger partial charge in [0.05, 0.1) is 11.3 Å². The number of nitrogens with one attached hydrogen (secondary N) is 1. The Morgan fingerprint density at radius 3 is 2.44 bits per heavy atom. The van der Waals surface area contributed by atoms with Gasteiger partial charge in [-0.05, 0) is 59.3 Å². The lowest BCUT2D eigenvalue weighted by Gasteiger charge is -2.15. The Morgan fingerprint density at radius 2 is 1.89 bits per heavy atom. The van der Waals surface area contributed by atoms with Crippen LogP contribution in [0.2, 0.25) is 0 Å². The van der Waals surface area contributed by atoms with Gasteiger partial charge in [0.15, 0.2) is 11.6 Å². The van der Waals surface area contributed by atoms with Crippen molar-refractivity contribution >= 4 is 50.0 Å². The molecule has 0 saturated heterocycles. The number of aryl methyl sites for hydroxylation is 1. The molecule has 3 rings (SSSR count). The Labute approximate surface area is 166 Å². The van der Waals surface area contributed by atoms with E-state index in [1.54, 1.807) is 19.1 Å². The lowest BCUT2D eigenvalue weighted by Crippen LogP contribution is -2.16. The first-order chi connectivity index (χ1) is 12.6. The van der Waals surface area contributed by atoms with E-state index >= 15 is 0 Å². The summed E-state index contributed by atoms with van der Waals surface area (Å²) in [5.74, 6) is -3.40. The second kappa shape index (κ2) is 7.01. The number of nitrogens with two attached hydrogens (primary N) is 2. The van der Waals surface area contributed by atoms with Gasteiger partial charge in [-0.15, -0.1) is 5.10 Å². The van der Waals surface area contributed by atoms with Gasteiger partial charge in [0.25, 0.3) is 5.89 Å². The topological polar surface area (TPSA) is 137 Å². The smallest absolute Gasteiger partial charge is 0.313 e. The van der Waals surface area contributed by atoms with Gasteiger partial charge in [-0.3, -0.25) is 0 Å². The molecule has 27 heavy (non-hydrogen) atoms. The van der Waals surface area contributed by atoms with E-state index in [2.05, 4.69) is 38.1 Å². The second-order valence-electron chi connectivity index (χ2n) is 5.50. The molecule has 3 aromatic rings. The summed E-state index contributed by atoms with van der Waals surface area (Å²) >= 11 is 2.11. The van der Waals surface area contributed by atoms with Crippen molar-refractivity contribution in [1.29, 1.82) is 0 Å². The third kappa shape index (κ3) is 3.86. The van der Waals surface area contributed by atoms with Crippen LogP contribution in [0.1, 0.15) is 5.56 Å². The van der Waals surface area contributed by atoms with Crippen molar-refractivity contribution in [3.8, 4) is 11.5 Å². The first-order valence-corrected chi connectivity index (χ1v) is 9.87. The molecule has 5 N–H and O–H groups in total. The van der Waals surface area contributed by atoms with Crippen molar-refractivity contribution in [3.63, 3.8) is 0 Å². The number of hydrogen-bond acceptors (Lipinski definition) is 7. The van der Waals surface area contributed by atoms with Gasteiger partial charge >= 0.3 is 6.01 Å². The Hall–Kier alpha value is -2.32. The molecule has 1 aromatic heterocycles. The molecule has 8 nitrogen and oxygen atoms in total. The third-order valence-corrected chi connectivity index (χ3v) is 5.18. The van der Waals surface area contributed by atoms with Gasteiger partial charge in [0.1, 0.15) is 4.90 Å². The Kier molecular flexibility index (Phi) is 5.05. The average molecular weight is 507 g/mol. The zero-order valence-corrected chi connectivity index (χ0v) is 16.6. The fourth-order valence-electron chi connectivity index (χ4n) is 2.35. The van der Waals surface area contributed by atoms with Crippen LogP contribution >= 0.6 is 22.6 Å². The van der Waals surface area contributed by atoms with Crippen molar-refractivity contribution in [2.75, 3.05) is 11.1 Å². The SMILES string of the molecule is Cc1cc(I)ccc1Nc1c(-c2nnc(N)o2)cc(S(N)(=O)=O)c(F)c1F. The van der Waals surface area contributed by atoms with E-state index in [0.717, 1.165) is 15.2 Å². The van der Waals surface area contributed by atoms with E-state index in [1.165, 1.54) is 0 Å². The number of aromatic nitrogens is 2. The maximum Gasteiger partial charge on any atom is 0.313 e. The number of nitrogen functional groups attached to an aromatic ring is 1. The van der Waals surface area contributed by atoms with Crippen LogP contribution in [0.25, 0.3) is 11.5 Å². The fraction of sp³-hybridized carbons (Fsp3) is 0.0667. The lowest BCUT2D eigenvalue weighted by molar-refractivity contribution is 0.487. The van der Waals surface area contributed by atoms with Gasteiger partial charge in [-0.25, -0.2) is 22.3 Å². The molecule has 0 saturated carbocycles. The molecule has 0 radical (unpaired) electrons. The molecule has 0 aliphatic carbocycles. The van der Waals surface area contributed by atoms with Crippen LogP contribution < -0.4 is 16.2 Å². The van der Waals surface area contributed by atoms with E-state index in [9.17, 15) is 17.2 Å². The zero-order valence-electron chi connectivity index (χ0n) is 13.6. The molecule has 0 fully saturated rings. The molecule has 0 unspecified atom stereocenters. The molecule has 0 amide bonds. The number of rotatable bonds is 4. The number of nitrogens with zero attached hydrogens (tertiary/aromatic N) is 2. The molecule has 0 spiro atoms. The maximum atomic E-state index is 14.8. The van der Waals surface area contributed by atoms with Crippen LogP contribution in [0.5, 0.6) is 0 Å². The fourth-order valence-corrected chi connectivity index (χ4v) is 3.61. The molecule has 0 atom stereocenters. The molecular formula is C15H12F2IN5O3S. The summed E-state index contributed by atoms with van der Waals surface area (Å²) in [4.78, 5) is -1.04. The van der Waals surface area contributed by atoms with E-state index in [-0.39, 0.29) is 17.5 Å². The highest BCUT2D eigenvalue weighted by molar-refractivity contribution is 14.1. The molecule has 12 heteroatoms. The minimum absolute atomic E-state index is 0.208. The second-order valence-corrected chi connectivity index (χ2v) is 8.28. The number of hydrogen-bond donors (Lipinski definition) is 3. The summed E-state index contributed by atoms with van der Waals surface area (Å²) in [5, 5.41) is 14.8. The molecule has 0 aliphatic rings. The lowest BCUT2D eigenvalue weighted by atomic mass is 10.1. The molecule has 1 heterocycles. The van der Waals surface area contributed by atoms with Gasteiger partial charge < -0.3 is 15.5 Å². The Bertz CT molecular complexity index is 1150. The summed E-state index contributed by atoms with van der Waals surface area (Å²) in [6.45, 7) is 1.77. The van der Waals surface area contributed by atoms with Gasteiger partial charge in [0, 0.05) is 9.26 Å². The Morgan fingerprint density at radius 1 is 1.19 bits per heavy atom. The monoisotopic (exact) mass is 507 g/mol. The van der Waals surface area contributed by atoms with E-state index < -0.39 is 32.2 Å². The summed E-state index contributed by atoms with van der Waals surface area (Å²) in [7, 11) is -4.55. The zero-order chi connectivity index (χ0) is 19.9. The number of anilines is 3. The highest BCUT2D eigenvalue weighted by Gasteiger charge is 2.27. The number of sulfonamides is 1. The van der Waals surface area contributed by atoms with E-state index in [1.807, 2.05) is 6.07 Å². The molecule has 2 aromatic carbocycles. The summed E-state index contributed by atoms with van der Waals surface area (Å²) in [6, 6.07) is 5.72. The predicted octanol–water partition coefficient (Wildman–Crippen LogP) is 2.90. The minimum Gasteiger partial charge on any atom is -0.403 e. The summed E-state index contributed by atoms with van der Waals surface area (Å²) in [6.07, 6.45) is 0. The highest BCUT2D eigenvalue weighted by atomic mass is 127. The highest BCUT2D eigenvalue weighted by Crippen LogP contribution is 2.37.